The van der Waals surface area contributed by atoms with Gasteiger partial charge in [-0.3, -0.25) is 0 Å². The largest absolute Gasteiger partial charge is 0.341 e. The van der Waals surface area contributed by atoms with Crippen molar-refractivity contribution in [2.75, 3.05) is 0 Å². The topological polar surface area (TPSA) is 54.7 Å². The number of nitrogens with zero attached hydrogens (tertiary/aromatic N) is 1. The number of hydrogen-bond donors (Lipinski definition) is 2. The van der Waals surface area contributed by atoms with Gasteiger partial charge in [-0.25, -0.2) is 4.98 Å². The Kier molecular flexibility index (Phi) is 3.59. The number of nitrogens with two attached hydrogens (primary N) is 1. The molecule has 3 nitrogen and oxygen atoms in total. The Labute approximate surface area is 102 Å². The van der Waals surface area contributed by atoms with Crippen molar-refractivity contribution in [3.05, 3.63) is 42.4 Å². The second kappa shape index (κ2) is 5.15. The lowest BCUT2D eigenvalue weighted by molar-refractivity contribution is 0.496. The number of H-pyrrole nitrogens is 1. The summed E-state index contributed by atoms with van der Waals surface area (Å²) in [6.45, 7) is 4.34. The molecular formula is C14H19N3. The highest BCUT2D eigenvalue weighted by atomic mass is 15.0. The standard InChI is InChI=1S/C14H19N3/c1-10(2)8-12(15)14-16-9-13(17-14)11-6-4-3-5-7-11/h3-7,9-10,12H,8,15H2,1-2H3,(H,16,17)/t12-/m0/s1. The number of hydrogen-bond acceptors (Lipinski definition) is 2. The van der Waals surface area contributed by atoms with Crippen LogP contribution in [0.5, 0.6) is 0 Å². The van der Waals surface area contributed by atoms with E-state index in [0.717, 1.165) is 23.5 Å². The number of imidazole rings is 1. The summed E-state index contributed by atoms with van der Waals surface area (Å²) in [5.41, 5.74) is 8.26. The van der Waals surface area contributed by atoms with E-state index < -0.39 is 0 Å². The molecule has 0 aliphatic rings. The molecule has 17 heavy (non-hydrogen) atoms. The van der Waals surface area contributed by atoms with E-state index in [2.05, 4.69) is 35.9 Å². The summed E-state index contributed by atoms with van der Waals surface area (Å²) >= 11 is 0. The average molecular weight is 229 g/mol. The van der Waals surface area contributed by atoms with Gasteiger partial charge in [-0.15, -0.1) is 0 Å². The fourth-order valence-corrected chi connectivity index (χ4v) is 1.91. The lowest BCUT2D eigenvalue weighted by Crippen LogP contribution is -2.14. The number of nitrogens with one attached hydrogen (secondary N) is 1. The van der Waals surface area contributed by atoms with Gasteiger partial charge in [0.15, 0.2) is 0 Å². The predicted molar refractivity (Wildman–Crippen MR) is 70.4 cm³/mol. The molecular weight excluding hydrogens is 210 g/mol. The first-order chi connectivity index (χ1) is 8.16. The number of aromatic amines is 1. The van der Waals surface area contributed by atoms with E-state index in [9.17, 15) is 0 Å². The smallest absolute Gasteiger partial charge is 0.123 e. The molecule has 2 rings (SSSR count). The van der Waals surface area contributed by atoms with Crippen LogP contribution in [0.1, 0.15) is 32.1 Å². The molecule has 0 radical (unpaired) electrons. The lowest BCUT2D eigenvalue weighted by atomic mass is 10.0. The Morgan fingerprint density at radius 1 is 1.24 bits per heavy atom. The molecule has 1 atom stereocenters. The minimum atomic E-state index is -0.00698. The summed E-state index contributed by atoms with van der Waals surface area (Å²) in [7, 11) is 0. The van der Waals surface area contributed by atoms with Crippen LogP contribution in [0.2, 0.25) is 0 Å². The molecule has 0 aliphatic heterocycles. The third-order valence-corrected chi connectivity index (χ3v) is 2.76. The molecule has 0 amide bonds. The van der Waals surface area contributed by atoms with Crippen molar-refractivity contribution in [2.24, 2.45) is 11.7 Å². The molecule has 0 saturated heterocycles. The molecule has 3 N–H and O–H groups in total. The highest BCUT2D eigenvalue weighted by molar-refractivity contribution is 5.58. The Morgan fingerprint density at radius 3 is 2.59 bits per heavy atom. The maximum atomic E-state index is 6.09. The summed E-state index contributed by atoms with van der Waals surface area (Å²) in [5, 5.41) is 0. The number of benzene rings is 1. The first-order valence-electron chi connectivity index (χ1n) is 6.02. The van der Waals surface area contributed by atoms with Crippen molar-refractivity contribution in [3.63, 3.8) is 0 Å². The van der Waals surface area contributed by atoms with E-state index in [1.807, 2.05) is 24.4 Å². The molecule has 2 aromatic rings. The van der Waals surface area contributed by atoms with Crippen LogP contribution in [0.15, 0.2) is 36.5 Å². The Balaban J connectivity index is 2.16. The van der Waals surface area contributed by atoms with Gasteiger partial charge < -0.3 is 10.7 Å². The molecule has 1 heterocycles. The van der Waals surface area contributed by atoms with Crippen LogP contribution >= 0.6 is 0 Å². The van der Waals surface area contributed by atoms with Crippen LogP contribution in [-0.4, -0.2) is 9.97 Å². The van der Waals surface area contributed by atoms with E-state index in [-0.39, 0.29) is 6.04 Å². The van der Waals surface area contributed by atoms with Crippen LogP contribution in [0.3, 0.4) is 0 Å². The summed E-state index contributed by atoms with van der Waals surface area (Å²) < 4.78 is 0. The minimum Gasteiger partial charge on any atom is -0.341 e. The van der Waals surface area contributed by atoms with Crippen molar-refractivity contribution in [3.8, 4) is 11.3 Å². The van der Waals surface area contributed by atoms with Gasteiger partial charge in [-0.2, -0.15) is 0 Å². The Morgan fingerprint density at radius 2 is 1.94 bits per heavy atom. The lowest BCUT2D eigenvalue weighted by Gasteiger charge is -2.10. The molecule has 0 spiro atoms. The van der Waals surface area contributed by atoms with Gasteiger partial charge in [-0.05, 0) is 17.9 Å². The van der Waals surface area contributed by atoms with E-state index in [1.165, 1.54) is 0 Å². The van der Waals surface area contributed by atoms with E-state index in [4.69, 9.17) is 5.73 Å². The number of aromatic nitrogens is 2. The van der Waals surface area contributed by atoms with Gasteiger partial charge in [0.1, 0.15) is 5.82 Å². The molecule has 1 aromatic carbocycles. The zero-order chi connectivity index (χ0) is 12.3. The SMILES string of the molecule is CC(C)C[C@H](N)c1ncc(-c2ccccc2)[nH]1. The van der Waals surface area contributed by atoms with Crippen molar-refractivity contribution < 1.29 is 0 Å². The Hall–Kier alpha value is -1.61. The third-order valence-electron chi connectivity index (χ3n) is 2.76. The molecule has 0 fully saturated rings. The highest BCUT2D eigenvalue weighted by Gasteiger charge is 2.12. The molecule has 0 unspecified atom stereocenters. The van der Waals surface area contributed by atoms with Crippen molar-refractivity contribution in [2.45, 2.75) is 26.3 Å². The monoisotopic (exact) mass is 229 g/mol. The van der Waals surface area contributed by atoms with Gasteiger partial charge in [0.25, 0.3) is 0 Å². The van der Waals surface area contributed by atoms with E-state index in [0.29, 0.717) is 5.92 Å². The molecule has 0 saturated carbocycles. The predicted octanol–water partition coefficient (Wildman–Crippen LogP) is 3.12. The van der Waals surface area contributed by atoms with Gasteiger partial charge in [0, 0.05) is 0 Å². The number of rotatable bonds is 4. The van der Waals surface area contributed by atoms with E-state index in [1.54, 1.807) is 0 Å². The normalized spacial score (nSPS) is 12.9. The third kappa shape index (κ3) is 2.94. The molecule has 0 bridgehead atoms. The quantitative estimate of drug-likeness (QED) is 0.846. The minimum absolute atomic E-state index is 0.00698. The van der Waals surface area contributed by atoms with Gasteiger partial charge in [0.2, 0.25) is 0 Å². The van der Waals surface area contributed by atoms with Crippen molar-refractivity contribution in [1.82, 2.24) is 9.97 Å². The fraction of sp³-hybridized carbons (Fsp3) is 0.357. The summed E-state index contributed by atoms with van der Waals surface area (Å²) in [5.74, 6) is 1.45. The van der Waals surface area contributed by atoms with Crippen LogP contribution < -0.4 is 5.73 Å². The molecule has 0 aliphatic carbocycles. The zero-order valence-corrected chi connectivity index (χ0v) is 10.4. The molecule has 90 valence electrons. The van der Waals surface area contributed by atoms with Crippen LogP contribution in [0.4, 0.5) is 0 Å². The Bertz CT molecular complexity index is 459. The second-order valence-corrected chi connectivity index (χ2v) is 4.78. The first-order valence-corrected chi connectivity index (χ1v) is 6.02. The van der Waals surface area contributed by atoms with Gasteiger partial charge >= 0.3 is 0 Å². The summed E-state index contributed by atoms with van der Waals surface area (Å²) in [6.07, 6.45) is 2.80. The second-order valence-electron chi connectivity index (χ2n) is 4.78. The summed E-state index contributed by atoms with van der Waals surface area (Å²) in [6, 6.07) is 10.2. The zero-order valence-electron chi connectivity index (χ0n) is 10.4. The van der Waals surface area contributed by atoms with Crippen LogP contribution in [0.25, 0.3) is 11.3 Å². The summed E-state index contributed by atoms with van der Waals surface area (Å²) in [4.78, 5) is 7.66. The van der Waals surface area contributed by atoms with Crippen LogP contribution in [0, 0.1) is 5.92 Å². The van der Waals surface area contributed by atoms with Gasteiger partial charge in [-0.1, -0.05) is 44.2 Å². The van der Waals surface area contributed by atoms with Crippen LogP contribution in [-0.2, 0) is 0 Å². The maximum absolute atomic E-state index is 6.09. The first kappa shape index (κ1) is 11.9. The van der Waals surface area contributed by atoms with Crippen molar-refractivity contribution in [1.29, 1.82) is 0 Å². The fourth-order valence-electron chi connectivity index (χ4n) is 1.91. The van der Waals surface area contributed by atoms with Gasteiger partial charge in [0.05, 0.1) is 17.9 Å². The highest BCUT2D eigenvalue weighted by Crippen LogP contribution is 2.21. The maximum Gasteiger partial charge on any atom is 0.123 e. The average Bonchev–Trinajstić information content (AvgIpc) is 2.78. The van der Waals surface area contributed by atoms with E-state index >= 15 is 0 Å². The molecule has 1 aromatic heterocycles. The van der Waals surface area contributed by atoms with Crippen molar-refractivity contribution >= 4 is 0 Å². The molecule has 3 heteroatoms.